The van der Waals surface area contributed by atoms with Crippen molar-refractivity contribution in [1.29, 1.82) is 0 Å². The van der Waals surface area contributed by atoms with Gasteiger partial charge in [0.2, 0.25) is 5.91 Å². The number of anilines is 2. The van der Waals surface area contributed by atoms with Crippen molar-refractivity contribution in [2.45, 2.75) is 12.8 Å². The molecule has 21 heavy (non-hydrogen) atoms. The fraction of sp³-hybridized carbons (Fsp3) is 0.200. The van der Waals surface area contributed by atoms with Gasteiger partial charge in [0.05, 0.1) is 16.3 Å². The van der Waals surface area contributed by atoms with Crippen LogP contribution in [0.25, 0.3) is 0 Å². The molecule has 0 aliphatic heterocycles. The molecule has 0 saturated heterocycles. The van der Waals surface area contributed by atoms with Crippen LogP contribution < -0.4 is 16.4 Å². The molecule has 0 radical (unpaired) electrons. The zero-order valence-electron chi connectivity index (χ0n) is 11.5. The maximum absolute atomic E-state index is 12.1. The first-order valence-corrected chi connectivity index (χ1v) is 7.52. The highest BCUT2D eigenvalue weighted by Gasteiger charge is 2.11. The Kier molecular flexibility index (Phi) is 5.48. The number of amides is 2. The third-order valence-corrected chi connectivity index (χ3v) is 3.67. The molecule has 0 unspecified atom stereocenters. The number of hydrogen-bond acceptors (Lipinski definition) is 4. The van der Waals surface area contributed by atoms with Crippen molar-refractivity contribution in [3.05, 3.63) is 46.7 Å². The van der Waals surface area contributed by atoms with E-state index in [0.717, 1.165) is 0 Å². The van der Waals surface area contributed by atoms with Crippen molar-refractivity contribution in [1.82, 2.24) is 0 Å². The minimum atomic E-state index is -0.186. The van der Waals surface area contributed by atoms with Crippen molar-refractivity contribution in [2.24, 2.45) is 5.73 Å². The van der Waals surface area contributed by atoms with Crippen LogP contribution in [0.3, 0.4) is 0 Å². The summed E-state index contributed by atoms with van der Waals surface area (Å²) in [4.78, 5) is 24.4. The molecule has 1 aromatic carbocycles. The first kappa shape index (κ1) is 15.2. The van der Waals surface area contributed by atoms with Gasteiger partial charge in [0.25, 0.3) is 5.91 Å². The van der Waals surface area contributed by atoms with Crippen molar-refractivity contribution in [3.63, 3.8) is 0 Å². The fourth-order valence-corrected chi connectivity index (χ4v) is 2.39. The summed E-state index contributed by atoms with van der Waals surface area (Å²) in [6, 6.07) is 10.7. The zero-order chi connectivity index (χ0) is 15.1. The van der Waals surface area contributed by atoms with E-state index >= 15 is 0 Å². The number of hydrogen-bond donors (Lipinski definition) is 3. The molecule has 0 spiro atoms. The molecule has 0 saturated carbocycles. The molecule has 0 atom stereocenters. The summed E-state index contributed by atoms with van der Waals surface area (Å²) < 4.78 is 0. The first-order chi connectivity index (χ1) is 10.2. The Morgan fingerprint density at radius 2 is 1.76 bits per heavy atom. The lowest BCUT2D eigenvalue weighted by molar-refractivity contribution is -0.116. The molecule has 5 nitrogen and oxygen atoms in total. The summed E-state index contributed by atoms with van der Waals surface area (Å²) in [6.07, 6.45) is 0.999. The van der Waals surface area contributed by atoms with Gasteiger partial charge in [-0.15, -0.1) is 11.3 Å². The number of thiophene rings is 1. The second-order valence-corrected chi connectivity index (χ2v) is 5.37. The van der Waals surface area contributed by atoms with Gasteiger partial charge in [0.1, 0.15) is 0 Å². The van der Waals surface area contributed by atoms with E-state index in [4.69, 9.17) is 5.73 Å². The molecule has 6 heteroatoms. The molecular weight excluding hydrogens is 286 g/mol. The van der Waals surface area contributed by atoms with Crippen molar-refractivity contribution in [3.8, 4) is 0 Å². The Labute approximate surface area is 127 Å². The summed E-state index contributed by atoms with van der Waals surface area (Å²) in [6.45, 7) is 0.476. The van der Waals surface area contributed by atoms with Crippen LogP contribution in [0.1, 0.15) is 22.5 Å². The summed E-state index contributed by atoms with van der Waals surface area (Å²) in [5.41, 5.74) is 6.55. The molecule has 2 rings (SSSR count). The predicted molar refractivity (Wildman–Crippen MR) is 85.6 cm³/mol. The van der Waals surface area contributed by atoms with Gasteiger partial charge in [-0.25, -0.2) is 0 Å². The fourth-order valence-electron chi connectivity index (χ4n) is 1.77. The molecular formula is C15H17N3O2S. The smallest absolute Gasteiger partial charge is 0.265 e. The highest BCUT2D eigenvalue weighted by Crippen LogP contribution is 2.22. The van der Waals surface area contributed by atoms with E-state index in [9.17, 15) is 9.59 Å². The van der Waals surface area contributed by atoms with Gasteiger partial charge in [-0.05, 0) is 36.5 Å². The van der Waals surface area contributed by atoms with Gasteiger partial charge in [-0.3, -0.25) is 9.59 Å². The Hall–Kier alpha value is -2.18. The van der Waals surface area contributed by atoms with Crippen molar-refractivity contribution >= 4 is 34.5 Å². The lowest BCUT2D eigenvalue weighted by Crippen LogP contribution is -2.16. The molecule has 0 aliphatic rings. The molecule has 2 amide bonds. The van der Waals surface area contributed by atoms with Gasteiger partial charge in [0.15, 0.2) is 0 Å². The molecule has 0 aliphatic carbocycles. The normalized spacial score (nSPS) is 10.1. The highest BCUT2D eigenvalue weighted by molar-refractivity contribution is 7.12. The number of rotatable bonds is 6. The van der Waals surface area contributed by atoms with Crippen molar-refractivity contribution < 1.29 is 9.59 Å². The average Bonchev–Trinajstić information content (AvgIpc) is 3.01. The largest absolute Gasteiger partial charge is 0.330 e. The number of benzene rings is 1. The Balaban J connectivity index is 2.06. The van der Waals surface area contributed by atoms with Crippen LogP contribution in [0.4, 0.5) is 11.4 Å². The topological polar surface area (TPSA) is 84.2 Å². The summed E-state index contributed by atoms with van der Waals surface area (Å²) >= 11 is 1.37. The number of para-hydroxylation sites is 2. The lowest BCUT2D eigenvalue weighted by atomic mass is 10.2. The number of carbonyl (C=O) groups excluding carboxylic acids is 2. The molecule has 110 valence electrons. The molecule has 1 heterocycles. The van der Waals surface area contributed by atoms with E-state index < -0.39 is 0 Å². The van der Waals surface area contributed by atoms with Crippen LogP contribution in [-0.4, -0.2) is 18.4 Å². The zero-order valence-corrected chi connectivity index (χ0v) is 12.3. The number of nitrogens with one attached hydrogen (secondary N) is 2. The maximum Gasteiger partial charge on any atom is 0.265 e. The van der Waals surface area contributed by atoms with Crippen LogP contribution in [-0.2, 0) is 4.79 Å². The van der Waals surface area contributed by atoms with Crippen LogP contribution in [0.2, 0.25) is 0 Å². The van der Waals surface area contributed by atoms with Crippen LogP contribution in [0.5, 0.6) is 0 Å². The molecule has 4 N–H and O–H groups in total. The quantitative estimate of drug-likeness (QED) is 0.767. The summed E-state index contributed by atoms with van der Waals surface area (Å²) in [5.74, 6) is -0.299. The van der Waals surface area contributed by atoms with E-state index in [1.165, 1.54) is 11.3 Å². The Bertz CT molecular complexity index is 611. The molecule has 0 bridgehead atoms. The van der Waals surface area contributed by atoms with Gasteiger partial charge in [-0.2, -0.15) is 0 Å². The first-order valence-electron chi connectivity index (χ1n) is 6.64. The van der Waals surface area contributed by atoms with Gasteiger partial charge >= 0.3 is 0 Å². The molecule has 0 fully saturated rings. The van der Waals surface area contributed by atoms with E-state index in [1.807, 2.05) is 11.4 Å². The summed E-state index contributed by atoms with van der Waals surface area (Å²) in [7, 11) is 0. The standard InChI is InChI=1S/C15H17N3O2S/c16-9-3-8-14(19)17-11-5-1-2-6-12(11)18-15(20)13-7-4-10-21-13/h1-2,4-7,10H,3,8-9,16H2,(H,17,19)(H,18,20). The van der Waals surface area contributed by atoms with E-state index in [0.29, 0.717) is 35.6 Å². The van der Waals surface area contributed by atoms with Gasteiger partial charge in [-0.1, -0.05) is 18.2 Å². The highest BCUT2D eigenvalue weighted by atomic mass is 32.1. The molecule has 2 aromatic rings. The lowest BCUT2D eigenvalue weighted by Gasteiger charge is -2.11. The van der Waals surface area contributed by atoms with Gasteiger partial charge < -0.3 is 16.4 Å². The second-order valence-electron chi connectivity index (χ2n) is 4.42. The average molecular weight is 303 g/mol. The van der Waals surface area contributed by atoms with Crippen LogP contribution in [0.15, 0.2) is 41.8 Å². The SMILES string of the molecule is NCCCC(=O)Nc1ccccc1NC(=O)c1cccs1. The van der Waals surface area contributed by atoms with Crippen LogP contribution in [0, 0.1) is 0 Å². The third-order valence-electron chi connectivity index (χ3n) is 2.80. The number of carbonyl (C=O) groups is 2. The molecule has 1 aromatic heterocycles. The minimum absolute atomic E-state index is 0.113. The summed E-state index contributed by atoms with van der Waals surface area (Å²) in [5, 5.41) is 7.44. The second kappa shape index (κ2) is 7.56. The third kappa shape index (κ3) is 4.40. The Morgan fingerprint density at radius 3 is 2.38 bits per heavy atom. The Morgan fingerprint density at radius 1 is 1.05 bits per heavy atom. The van der Waals surface area contributed by atoms with E-state index in [-0.39, 0.29) is 11.8 Å². The monoisotopic (exact) mass is 303 g/mol. The van der Waals surface area contributed by atoms with Gasteiger partial charge in [0, 0.05) is 6.42 Å². The maximum atomic E-state index is 12.1. The number of nitrogens with two attached hydrogens (primary N) is 1. The minimum Gasteiger partial charge on any atom is -0.330 e. The van der Waals surface area contributed by atoms with Crippen molar-refractivity contribution in [2.75, 3.05) is 17.2 Å². The van der Waals surface area contributed by atoms with E-state index in [2.05, 4.69) is 10.6 Å². The van der Waals surface area contributed by atoms with Crippen LogP contribution >= 0.6 is 11.3 Å². The van der Waals surface area contributed by atoms with E-state index in [1.54, 1.807) is 30.3 Å². The predicted octanol–water partition coefficient (Wildman–Crippen LogP) is 2.68.